The number of nitrogens with one attached hydrogen (secondary N) is 1. The number of aliphatic hydroxyl groups excluding tert-OH is 1. The van der Waals surface area contributed by atoms with Crippen LogP contribution >= 0.6 is 0 Å². The summed E-state index contributed by atoms with van der Waals surface area (Å²) in [5.41, 5.74) is 7.31. The molecule has 16 heavy (non-hydrogen) atoms. The van der Waals surface area contributed by atoms with Gasteiger partial charge in [0.25, 0.3) is 0 Å². The first kappa shape index (κ1) is 11.2. The van der Waals surface area contributed by atoms with Crippen molar-refractivity contribution in [3.05, 3.63) is 17.8 Å². The predicted molar refractivity (Wildman–Crippen MR) is 65.3 cm³/mol. The largest absolute Gasteiger partial charge is 0.397 e. The maximum Gasteiger partial charge on any atom is 0.126 e. The van der Waals surface area contributed by atoms with Gasteiger partial charge >= 0.3 is 0 Å². The molecule has 2 rings (SSSR count). The Hall–Kier alpha value is -1.29. The van der Waals surface area contributed by atoms with Crippen molar-refractivity contribution >= 4 is 11.5 Å². The molecule has 0 aliphatic heterocycles. The van der Waals surface area contributed by atoms with Crippen molar-refractivity contribution in [2.45, 2.75) is 44.8 Å². The number of hydrogen-bond donors (Lipinski definition) is 3. The van der Waals surface area contributed by atoms with E-state index >= 15 is 0 Å². The van der Waals surface area contributed by atoms with E-state index in [0.29, 0.717) is 6.04 Å². The van der Waals surface area contributed by atoms with Gasteiger partial charge in [-0.25, -0.2) is 4.98 Å². The molecule has 1 aromatic rings. The average molecular weight is 221 g/mol. The molecule has 4 heteroatoms. The van der Waals surface area contributed by atoms with Crippen LogP contribution in [0.5, 0.6) is 0 Å². The molecule has 1 aliphatic carbocycles. The summed E-state index contributed by atoms with van der Waals surface area (Å²) in [5, 5.41) is 12.8. The molecule has 1 aromatic heterocycles. The minimum Gasteiger partial charge on any atom is -0.397 e. The molecule has 0 radical (unpaired) electrons. The van der Waals surface area contributed by atoms with Gasteiger partial charge in [-0.3, -0.25) is 0 Å². The van der Waals surface area contributed by atoms with Gasteiger partial charge in [0, 0.05) is 6.04 Å². The Kier molecular flexibility index (Phi) is 3.29. The maximum atomic E-state index is 9.41. The highest BCUT2D eigenvalue weighted by molar-refractivity contribution is 5.49. The second-order valence-electron chi connectivity index (χ2n) is 4.52. The van der Waals surface area contributed by atoms with Crippen molar-refractivity contribution in [2.24, 2.45) is 0 Å². The van der Waals surface area contributed by atoms with Gasteiger partial charge in [0.2, 0.25) is 0 Å². The molecule has 0 unspecified atom stereocenters. The normalized spacial score (nSPS) is 25.4. The lowest BCUT2D eigenvalue weighted by Crippen LogP contribution is -2.28. The molecular formula is C12H19N3O. The second-order valence-corrected chi connectivity index (χ2v) is 4.52. The quantitative estimate of drug-likeness (QED) is 0.710. The summed E-state index contributed by atoms with van der Waals surface area (Å²) in [6.45, 7) is 1.91. The summed E-state index contributed by atoms with van der Waals surface area (Å²) in [6.07, 6.45) is 3.66. The molecule has 0 amide bonds. The van der Waals surface area contributed by atoms with E-state index < -0.39 is 0 Å². The van der Waals surface area contributed by atoms with Crippen LogP contribution in [0.2, 0.25) is 0 Å². The molecule has 1 aliphatic rings. The van der Waals surface area contributed by atoms with Crippen molar-refractivity contribution in [1.82, 2.24) is 4.98 Å². The predicted octanol–water partition coefficient (Wildman–Crippen LogP) is 1.69. The number of rotatable bonds is 2. The Bertz CT molecular complexity index is 359. The lowest BCUT2D eigenvalue weighted by molar-refractivity contribution is 0.126. The molecule has 0 spiro atoms. The number of nitrogen functional groups attached to an aromatic ring is 1. The first-order valence-electron chi connectivity index (χ1n) is 5.83. The van der Waals surface area contributed by atoms with E-state index in [1.807, 2.05) is 19.1 Å². The van der Waals surface area contributed by atoms with Gasteiger partial charge < -0.3 is 16.2 Å². The molecule has 0 saturated heterocycles. The fourth-order valence-electron chi connectivity index (χ4n) is 2.08. The molecule has 0 atom stereocenters. The van der Waals surface area contributed by atoms with Crippen LogP contribution < -0.4 is 11.1 Å². The zero-order valence-corrected chi connectivity index (χ0v) is 9.61. The second kappa shape index (κ2) is 4.70. The van der Waals surface area contributed by atoms with Crippen molar-refractivity contribution in [3.63, 3.8) is 0 Å². The summed E-state index contributed by atoms with van der Waals surface area (Å²) in [6, 6.07) is 4.22. The van der Waals surface area contributed by atoms with E-state index in [-0.39, 0.29) is 6.10 Å². The van der Waals surface area contributed by atoms with E-state index in [4.69, 9.17) is 5.73 Å². The Balaban J connectivity index is 1.96. The molecule has 1 heterocycles. The molecular weight excluding hydrogens is 202 g/mol. The Morgan fingerprint density at radius 1 is 1.31 bits per heavy atom. The number of nitrogens with zero attached hydrogens (tertiary/aromatic N) is 1. The van der Waals surface area contributed by atoms with Crippen molar-refractivity contribution in [2.75, 3.05) is 11.1 Å². The van der Waals surface area contributed by atoms with Crippen LogP contribution in [0.15, 0.2) is 12.1 Å². The highest BCUT2D eigenvalue weighted by atomic mass is 16.3. The van der Waals surface area contributed by atoms with Gasteiger partial charge in [-0.1, -0.05) is 0 Å². The Morgan fingerprint density at radius 3 is 2.62 bits per heavy atom. The van der Waals surface area contributed by atoms with Crippen LogP contribution in [0.1, 0.15) is 31.4 Å². The minimum atomic E-state index is -0.112. The zero-order valence-electron chi connectivity index (χ0n) is 9.61. The number of anilines is 2. The van der Waals surface area contributed by atoms with Gasteiger partial charge in [-0.2, -0.15) is 0 Å². The molecule has 0 aromatic carbocycles. The maximum absolute atomic E-state index is 9.41. The molecule has 4 nitrogen and oxygen atoms in total. The first-order valence-corrected chi connectivity index (χ1v) is 5.83. The van der Waals surface area contributed by atoms with Crippen LogP contribution in [0.25, 0.3) is 0 Å². The van der Waals surface area contributed by atoms with Crippen LogP contribution in [0, 0.1) is 6.92 Å². The molecule has 1 saturated carbocycles. The third-order valence-corrected chi connectivity index (χ3v) is 3.18. The van der Waals surface area contributed by atoms with Gasteiger partial charge in [-0.15, -0.1) is 0 Å². The molecule has 1 fully saturated rings. The molecule has 88 valence electrons. The molecule has 0 bridgehead atoms. The number of pyridine rings is 1. The summed E-state index contributed by atoms with van der Waals surface area (Å²) in [7, 11) is 0. The summed E-state index contributed by atoms with van der Waals surface area (Å²) >= 11 is 0. The number of aryl methyl sites for hydroxylation is 1. The van der Waals surface area contributed by atoms with E-state index in [9.17, 15) is 5.11 Å². The number of hydrogen-bond acceptors (Lipinski definition) is 4. The lowest BCUT2D eigenvalue weighted by Gasteiger charge is -2.26. The standard InChI is InChI=1S/C12H19N3O/c1-8-11(13)6-7-12(14-8)15-9-2-4-10(16)5-3-9/h6-7,9-10,16H,2-5,13H2,1H3,(H,14,15). The Morgan fingerprint density at radius 2 is 2.00 bits per heavy atom. The highest BCUT2D eigenvalue weighted by Gasteiger charge is 2.19. The summed E-state index contributed by atoms with van der Waals surface area (Å²) in [4.78, 5) is 4.39. The topological polar surface area (TPSA) is 71.2 Å². The smallest absolute Gasteiger partial charge is 0.126 e. The third-order valence-electron chi connectivity index (χ3n) is 3.18. The Labute approximate surface area is 95.9 Å². The lowest BCUT2D eigenvalue weighted by atomic mass is 9.93. The average Bonchev–Trinajstić information content (AvgIpc) is 2.27. The van der Waals surface area contributed by atoms with Crippen molar-refractivity contribution in [1.29, 1.82) is 0 Å². The van der Waals surface area contributed by atoms with Crippen molar-refractivity contribution in [3.8, 4) is 0 Å². The van der Waals surface area contributed by atoms with Gasteiger partial charge in [0.05, 0.1) is 17.5 Å². The fraction of sp³-hybridized carbons (Fsp3) is 0.583. The van der Waals surface area contributed by atoms with E-state index in [2.05, 4.69) is 10.3 Å². The van der Waals surface area contributed by atoms with Crippen LogP contribution in [0.4, 0.5) is 11.5 Å². The molecule has 4 N–H and O–H groups in total. The number of aliphatic hydroxyl groups is 1. The van der Waals surface area contributed by atoms with Gasteiger partial charge in [-0.05, 0) is 44.7 Å². The monoisotopic (exact) mass is 221 g/mol. The summed E-state index contributed by atoms with van der Waals surface area (Å²) < 4.78 is 0. The van der Waals surface area contributed by atoms with Gasteiger partial charge in [0.1, 0.15) is 5.82 Å². The first-order chi connectivity index (χ1) is 7.65. The number of nitrogens with two attached hydrogens (primary N) is 1. The van der Waals surface area contributed by atoms with Crippen LogP contribution in [-0.4, -0.2) is 22.2 Å². The van der Waals surface area contributed by atoms with E-state index in [1.165, 1.54) is 0 Å². The highest BCUT2D eigenvalue weighted by Crippen LogP contribution is 2.22. The SMILES string of the molecule is Cc1nc(NC2CCC(O)CC2)ccc1N. The summed E-state index contributed by atoms with van der Waals surface area (Å²) in [5.74, 6) is 0.882. The van der Waals surface area contributed by atoms with Crippen LogP contribution in [0.3, 0.4) is 0 Å². The fourth-order valence-corrected chi connectivity index (χ4v) is 2.08. The number of aromatic nitrogens is 1. The van der Waals surface area contributed by atoms with Gasteiger partial charge in [0.15, 0.2) is 0 Å². The van der Waals surface area contributed by atoms with Crippen molar-refractivity contribution < 1.29 is 5.11 Å². The van der Waals surface area contributed by atoms with E-state index in [0.717, 1.165) is 42.9 Å². The minimum absolute atomic E-state index is 0.112. The van der Waals surface area contributed by atoms with E-state index in [1.54, 1.807) is 0 Å². The third kappa shape index (κ3) is 2.64. The van der Waals surface area contributed by atoms with Crippen LogP contribution in [-0.2, 0) is 0 Å². The zero-order chi connectivity index (χ0) is 11.5.